The van der Waals surface area contributed by atoms with Crippen molar-refractivity contribution in [2.75, 3.05) is 0 Å². The molecule has 0 atom stereocenters. The second-order valence-electron chi connectivity index (χ2n) is 0.250. The van der Waals surface area contributed by atoms with Gasteiger partial charge in [0.15, 0.2) is 0 Å². The molecule has 0 aliphatic heterocycles. The average Bonchev–Trinajstić information content (AvgIpc) is 0.811. The minimum absolute atomic E-state index is 0. The molecule has 0 aliphatic rings. The Balaban J connectivity index is -0.0000000450. The van der Waals surface area contributed by atoms with Crippen LogP contribution in [0.1, 0.15) is 0 Å². The van der Waals surface area contributed by atoms with Gasteiger partial charge in [-0.1, -0.05) is 0 Å². The van der Waals surface area contributed by atoms with Gasteiger partial charge in [-0.05, 0) is 6.16 Å². The zero-order valence-electron chi connectivity index (χ0n) is 2.93. The van der Waals surface area contributed by atoms with Gasteiger partial charge in [0.2, 0.25) is 0 Å². The van der Waals surface area contributed by atoms with Crippen molar-refractivity contribution < 1.29 is 41.2 Å². The number of carbonyl (C=O) groups excluding carboxylic acids is 1. The maximum Gasteiger partial charge on any atom is 2.00 e. The molecule has 0 aromatic heterocycles. The van der Waals surface area contributed by atoms with Gasteiger partial charge in [0.05, 0.1) is 0 Å². The molecule has 0 aromatic rings. The molecule has 0 amide bonds. The summed E-state index contributed by atoms with van der Waals surface area (Å²) in [5.41, 5.74) is 0. The molecule has 0 saturated carbocycles. The Bertz CT molecular complexity index is 33.8. The Labute approximate surface area is 94.3 Å². The summed E-state index contributed by atoms with van der Waals surface area (Å²) >= 11 is 0. The molecule has 0 heterocycles. The third-order valence-electron chi connectivity index (χ3n) is 0. The molecule has 26 valence electrons. The average molecular weight is 289 g/mol. The molecule has 0 saturated heterocycles. The largest absolute Gasteiger partial charge is 2.00 e. The molecule has 0 aromatic carbocycles. The summed E-state index contributed by atoms with van der Waals surface area (Å²) in [7, 11) is 0. The Morgan fingerprint density at radius 3 is 1.33 bits per heavy atom. The van der Waals surface area contributed by atoms with Crippen molar-refractivity contribution in [1.82, 2.24) is 0 Å². The van der Waals surface area contributed by atoms with Crippen molar-refractivity contribution >= 4 is 55.0 Å². The first-order chi connectivity index (χ1) is 1.73. The van der Waals surface area contributed by atoms with Crippen LogP contribution in [0.4, 0.5) is 4.79 Å². The molecule has 0 bridgehead atoms. The molecule has 0 spiro atoms. The fourth-order valence-electron chi connectivity index (χ4n) is 0. The molecule has 0 unspecified atom stereocenters. The third kappa shape index (κ3) is 43.0. The van der Waals surface area contributed by atoms with Crippen LogP contribution in [0.5, 0.6) is 0 Å². The van der Waals surface area contributed by atoms with Crippen LogP contribution in [0, 0.1) is 0 Å². The van der Waals surface area contributed by atoms with Gasteiger partial charge in [-0.25, -0.2) is 0 Å². The number of hydrogen-bond acceptors (Lipinski definition) is 3. The zero-order valence-corrected chi connectivity index (χ0v) is 9.83. The predicted octanol–water partition coefficient (Wildman–Crippen LogP) is -2.83. The van der Waals surface area contributed by atoms with Crippen molar-refractivity contribution in [3.63, 3.8) is 0 Å². The molecule has 0 radical (unpaired) electrons. The summed E-state index contributed by atoms with van der Waals surface area (Å²) in [6.07, 6.45) is -2.33. The smallest absolute Gasteiger partial charge is 0.652 e. The normalized spacial score (nSPS) is 4.00. The van der Waals surface area contributed by atoms with E-state index in [1.54, 1.807) is 0 Å². The molecule has 5 heteroatoms. The van der Waals surface area contributed by atoms with Crippen LogP contribution < -0.4 is 10.2 Å². The summed E-state index contributed by atoms with van der Waals surface area (Å²) in [4.78, 5) is 8.33. The second kappa shape index (κ2) is 9.87. The van der Waals surface area contributed by atoms with E-state index in [9.17, 15) is 0 Å². The first-order valence-corrected chi connectivity index (χ1v) is 0.612. The molecule has 6 heavy (non-hydrogen) atoms. The summed E-state index contributed by atoms with van der Waals surface area (Å²) in [6, 6.07) is 0. The molecule has 3 nitrogen and oxygen atoms in total. The topological polar surface area (TPSA) is 63.2 Å². The third-order valence-corrected chi connectivity index (χ3v) is 0. The van der Waals surface area contributed by atoms with E-state index in [1.807, 2.05) is 0 Å². The maximum absolute atomic E-state index is 8.33. The van der Waals surface area contributed by atoms with Gasteiger partial charge in [0, 0.05) is 0 Å². The predicted molar refractivity (Wildman–Crippen MR) is 11.1 cm³/mol. The van der Waals surface area contributed by atoms with Crippen LogP contribution in [-0.2, 0) is 26.2 Å². The van der Waals surface area contributed by atoms with Crippen LogP contribution in [0.2, 0.25) is 0 Å². The van der Waals surface area contributed by atoms with E-state index in [2.05, 4.69) is 0 Å². The number of hydrogen-bond donors (Lipinski definition) is 0. The quantitative estimate of drug-likeness (QED) is 0.452. The SMILES string of the molecule is O=C([O-])[O-].[Ba+2].[Zr+2]. The van der Waals surface area contributed by atoms with Crippen molar-refractivity contribution in [2.45, 2.75) is 0 Å². The number of carbonyl (C=O) groups is 1. The van der Waals surface area contributed by atoms with Gasteiger partial charge in [-0.3, -0.25) is 0 Å². The minimum atomic E-state index is -2.33. The zero-order chi connectivity index (χ0) is 3.58. The summed E-state index contributed by atoms with van der Waals surface area (Å²) < 4.78 is 0. The van der Waals surface area contributed by atoms with Crippen LogP contribution in [0.25, 0.3) is 0 Å². The Morgan fingerprint density at radius 2 is 1.33 bits per heavy atom. The van der Waals surface area contributed by atoms with Crippen LogP contribution in [0.3, 0.4) is 0 Å². The standard InChI is InChI=1S/CH2O3.Ba.Zr/c2-1(3)4;;/h(H2,2,3,4);;/q;2*+2/p-2. The van der Waals surface area contributed by atoms with E-state index in [4.69, 9.17) is 15.0 Å². The van der Waals surface area contributed by atoms with Crippen LogP contribution in [0.15, 0.2) is 0 Å². The summed E-state index contributed by atoms with van der Waals surface area (Å²) in [5.74, 6) is 0. The van der Waals surface area contributed by atoms with Gasteiger partial charge in [0.1, 0.15) is 0 Å². The van der Waals surface area contributed by atoms with Gasteiger partial charge < -0.3 is 15.0 Å². The van der Waals surface area contributed by atoms with E-state index in [-0.39, 0.29) is 75.1 Å². The second-order valence-corrected chi connectivity index (χ2v) is 0.250. The van der Waals surface area contributed by atoms with Gasteiger partial charge in [0.25, 0.3) is 0 Å². The van der Waals surface area contributed by atoms with Gasteiger partial charge >= 0.3 is 75.1 Å². The molecule has 0 aliphatic carbocycles. The monoisotopic (exact) mass is 288 g/mol. The number of carboxylic acid groups (broad SMARTS) is 2. The fraction of sp³-hybridized carbons (Fsp3) is 0. The van der Waals surface area contributed by atoms with E-state index >= 15 is 0 Å². The van der Waals surface area contributed by atoms with Gasteiger partial charge in [-0.2, -0.15) is 0 Å². The molecular formula is CBaO3Zr+2. The van der Waals surface area contributed by atoms with E-state index in [0.29, 0.717) is 0 Å². The van der Waals surface area contributed by atoms with E-state index in [1.165, 1.54) is 0 Å². The van der Waals surface area contributed by atoms with Crippen LogP contribution in [-0.4, -0.2) is 55.0 Å². The number of rotatable bonds is 0. The Hall–Kier alpha value is 1.72. The minimum Gasteiger partial charge on any atom is -0.652 e. The fourth-order valence-corrected chi connectivity index (χ4v) is 0. The first-order valence-electron chi connectivity index (χ1n) is 0.612. The summed E-state index contributed by atoms with van der Waals surface area (Å²) in [6.45, 7) is 0. The first kappa shape index (κ1) is 15.6. The molecule has 0 fully saturated rings. The Kier molecular flexibility index (Phi) is 25.7. The van der Waals surface area contributed by atoms with Crippen LogP contribution >= 0.6 is 0 Å². The molecular weight excluding hydrogens is 289 g/mol. The van der Waals surface area contributed by atoms with Crippen molar-refractivity contribution in [3.05, 3.63) is 0 Å². The van der Waals surface area contributed by atoms with Crippen molar-refractivity contribution in [1.29, 1.82) is 0 Å². The summed E-state index contributed by atoms with van der Waals surface area (Å²) in [5, 5.41) is 16.7. The Morgan fingerprint density at radius 1 is 1.33 bits per heavy atom. The van der Waals surface area contributed by atoms with Crippen molar-refractivity contribution in [3.8, 4) is 0 Å². The van der Waals surface area contributed by atoms with Crippen molar-refractivity contribution in [2.24, 2.45) is 0 Å². The molecule has 0 N–H and O–H groups in total. The molecule has 0 rings (SSSR count). The van der Waals surface area contributed by atoms with E-state index < -0.39 is 6.16 Å². The van der Waals surface area contributed by atoms with E-state index in [0.717, 1.165) is 0 Å². The van der Waals surface area contributed by atoms with Gasteiger partial charge in [-0.15, -0.1) is 0 Å². The maximum atomic E-state index is 8.33.